The van der Waals surface area contributed by atoms with Gasteiger partial charge in [-0.25, -0.2) is 0 Å². The van der Waals surface area contributed by atoms with Gasteiger partial charge in [-0.2, -0.15) is 5.10 Å². The summed E-state index contributed by atoms with van der Waals surface area (Å²) in [4.78, 5) is 2.47. The van der Waals surface area contributed by atoms with Crippen molar-refractivity contribution in [2.75, 3.05) is 13.2 Å². The van der Waals surface area contributed by atoms with Crippen LogP contribution in [0.4, 0.5) is 0 Å². The van der Waals surface area contributed by atoms with Crippen molar-refractivity contribution in [3.8, 4) is 0 Å². The number of aryl methyl sites for hydroxylation is 1. The second-order valence-electron chi connectivity index (χ2n) is 5.21. The summed E-state index contributed by atoms with van der Waals surface area (Å²) in [6.45, 7) is 3.48. The molecule has 0 spiro atoms. The van der Waals surface area contributed by atoms with Crippen LogP contribution >= 0.6 is 0 Å². The fraction of sp³-hybridized carbons (Fsp3) is 0.750. The number of fused-ring (bicyclic) bond motifs is 1. The van der Waals surface area contributed by atoms with Gasteiger partial charge in [-0.05, 0) is 12.8 Å². The first-order chi connectivity index (χ1) is 8.22. The zero-order valence-electron chi connectivity index (χ0n) is 10.3. The fourth-order valence-electron chi connectivity index (χ4n) is 2.79. The Hall–Kier alpha value is -0.910. The third kappa shape index (κ3) is 2.22. The Morgan fingerprint density at radius 3 is 3.06 bits per heavy atom. The number of aromatic nitrogens is 2. The number of nitrogens with two attached hydrogens (primary N) is 1. The highest BCUT2D eigenvalue weighted by molar-refractivity contribution is 5.21. The van der Waals surface area contributed by atoms with E-state index in [9.17, 15) is 0 Å². The molecule has 3 rings (SSSR count). The minimum atomic E-state index is 0.213. The molecule has 0 aromatic carbocycles. The first-order valence-electron chi connectivity index (χ1n) is 6.31. The maximum atomic E-state index is 5.92. The monoisotopic (exact) mass is 236 g/mol. The van der Waals surface area contributed by atoms with Crippen molar-refractivity contribution in [2.24, 2.45) is 12.8 Å². The first kappa shape index (κ1) is 11.2. The van der Waals surface area contributed by atoms with Gasteiger partial charge >= 0.3 is 0 Å². The molecule has 0 saturated carbocycles. The lowest BCUT2D eigenvalue weighted by atomic mass is 10.1. The maximum absolute atomic E-state index is 5.92. The van der Waals surface area contributed by atoms with Gasteiger partial charge in [-0.1, -0.05) is 0 Å². The number of hydrogen-bond donors (Lipinski definition) is 1. The van der Waals surface area contributed by atoms with E-state index in [1.807, 2.05) is 11.7 Å². The van der Waals surface area contributed by atoms with Gasteiger partial charge in [0, 0.05) is 44.0 Å². The summed E-state index contributed by atoms with van der Waals surface area (Å²) in [5.41, 5.74) is 8.51. The predicted octanol–water partition coefficient (Wildman–Crippen LogP) is 0.242. The average Bonchev–Trinajstić information content (AvgIpc) is 2.71. The summed E-state index contributed by atoms with van der Waals surface area (Å²) >= 11 is 0. The lowest BCUT2D eigenvalue weighted by Gasteiger charge is -2.25. The van der Waals surface area contributed by atoms with Crippen LogP contribution in [0.2, 0.25) is 0 Å². The Kier molecular flexibility index (Phi) is 2.90. The van der Waals surface area contributed by atoms with Crippen LogP contribution in [-0.2, 0) is 24.9 Å². The summed E-state index contributed by atoms with van der Waals surface area (Å²) in [5, 5.41) is 4.48. The Bertz CT molecular complexity index is 380. The van der Waals surface area contributed by atoms with Gasteiger partial charge in [0.25, 0.3) is 0 Å². The van der Waals surface area contributed by atoms with E-state index in [4.69, 9.17) is 10.5 Å². The first-order valence-corrected chi connectivity index (χ1v) is 6.31. The molecular weight excluding hydrogens is 216 g/mol. The largest absolute Gasteiger partial charge is 0.378 e. The van der Waals surface area contributed by atoms with Gasteiger partial charge in [0.1, 0.15) is 0 Å². The lowest BCUT2D eigenvalue weighted by molar-refractivity contribution is 0.0679. The van der Waals surface area contributed by atoms with E-state index in [-0.39, 0.29) is 6.04 Å². The molecule has 2 atom stereocenters. The van der Waals surface area contributed by atoms with Gasteiger partial charge in [0.05, 0.1) is 18.9 Å². The van der Waals surface area contributed by atoms with Crippen molar-refractivity contribution >= 4 is 0 Å². The Labute approximate surface area is 102 Å². The molecule has 1 fully saturated rings. The lowest BCUT2D eigenvalue weighted by Crippen LogP contribution is -2.34. The van der Waals surface area contributed by atoms with Gasteiger partial charge in [0.2, 0.25) is 0 Å². The highest BCUT2D eigenvalue weighted by Gasteiger charge is 2.29. The second-order valence-corrected chi connectivity index (χ2v) is 5.21. The molecule has 0 amide bonds. The molecule has 0 radical (unpaired) electrons. The van der Waals surface area contributed by atoms with Crippen molar-refractivity contribution < 1.29 is 4.74 Å². The third-order valence-electron chi connectivity index (χ3n) is 3.75. The molecule has 1 aromatic rings. The van der Waals surface area contributed by atoms with Crippen molar-refractivity contribution in [2.45, 2.75) is 38.0 Å². The van der Waals surface area contributed by atoms with Crippen LogP contribution in [-0.4, -0.2) is 40.0 Å². The van der Waals surface area contributed by atoms with E-state index >= 15 is 0 Å². The molecular formula is C12H20N4O. The fourth-order valence-corrected chi connectivity index (χ4v) is 2.79. The van der Waals surface area contributed by atoms with E-state index in [2.05, 4.69) is 16.2 Å². The number of rotatable bonds is 1. The van der Waals surface area contributed by atoms with Crippen LogP contribution in [0.3, 0.4) is 0 Å². The Balaban J connectivity index is 1.65. The molecule has 3 heterocycles. The second kappa shape index (κ2) is 4.40. The highest BCUT2D eigenvalue weighted by Crippen LogP contribution is 2.25. The van der Waals surface area contributed by atoms with Crippen LogP contribution in [0, 0.1) is 0 Å². The molecule has 1 saturated heterocycles. The molecule has 5 heteroatoms. The number of nitrogens with zero attached hydrogens (tertiary/aromatic N) is 3. The van der Waals surface area contributed by atoms with Crippen LogP contribution < -0.4 is 5.73 Å². The summed E-state index contributed by atoms with van der Waals surface area (Å²) in [5.74, 6) is 0. The average molecular weight is 236 g/mol. The summed E-state index contributed by atoms with van der Waals surface area (Å²) in [6, 6.07) is 0.716. The zero-order chi connectivity index (χ0) is 11.8. The quantitative estimate of drug-likeness (QED) is 0.759. The molecule has 2 aliphatic heterocycles. The van der Waals surface area contributed by atoms with Crippen molar-refractivity contribution in [1.82, 2.24) is 14.7 Å². The standard InChI is InChI=1S/C12H20N4O/c1-15-4-9-5-16(6-12(9)14-15)11-3-2-10(13)7-17-8-11/h4,10-11H,2-3,5-8,13H2,1H3. The summed E-state index contributed by atoms with van der Waals surface area (Å²) < 4.78 is 7.54. The molecule has 2 N–H and O–H groups in total. The predicted molar refractivity (Wildman–Crippen MR) is 64.3 cm³/mol. The van der Waals surface area contributed by atoms with Gasteiger partial charge in [-0.15, -0.1) is 0 Å². The van der Waals surface area contributed by atoms with Crippen LogP contribution in [0.25, 0.3) is 0 Å². The number of hydrogen-bond acceptors (Lipinski definition) is 4. The zero-order valence-corrected chi connectivity index (χ0v) is 10.3. The maximum Gasteiger partial charge on any atom is 0.0809 e. The minimum absolute atomic E-state index is 0.213. The Morgan fingerprint density at radius 1 is 1.35 bits per heavy atom. The molecule has 0 aliphatic carbocycles. The molecule has 2 unspecified atom stereocenters. The molecule has 2 aliphatic rings. The SMILES string of the molecule is Cn1cc2c(n1)CN(C1CCC(N)COC1)C2. The smallest absolute Gasteiger partial charge is 0.0809 e. The van der Waals surface area contributed by atoms with Crippen LogP contribution in [0.5, 0.6) is 0 Å². The van der Waals surface area contributed by atoms with Crippen LogP contribution in [0.15, 0.2) is 6.20 Å². The van der Waals surface area contributed by atoms with E-state index in [0.29, 0.717) is 12.6 Å². The summed E-state index contributed by atoms with van der Waals surface area (Å²) in [6.07, 6.45) is 4.32. The van der Waals surface area contributed by atoms with E-state index in [1.54, 1.807) is 0 Å². The number of ether oxygens (including phenoxy) is 1. The molecule has 1 aromatic heterocycles. The van der Waals surface area contributed by atoms with Crippen molar-refractivity contribution in [3.05, 3.63) is 17.5 Å². The van der Waals surface area contributed by atoms with Crippen molar-refractivity contribution in [3.63, 3.8) is 0 Å². The topological polar surface area (TPSA) is 56.3 Å². The Morgan fingerprint density at radius 2 is 2.24 bits per heavy atom. The van der Waals surface area contributed by atoms with E-state index < -0.39 is 0 Å². The highest BCUT2D eigenvalue weighted by atomic mass is 16.5. The van der Waals surface area contributed by atoms with E-state index in [1.165, 1.54) is 11.3 Å². The van der Waals surface area contributed by atoms with Crippen molar-refractivity contribution in [1.29, 1.82) is 0 Å². The van der Waals surface area contributed by atoms with Gasteiger partial charge in [0.15, 0.2) is 0 Å². The van der Waals surface area contributed by atoms with Crippen LogP contribution in [0.1, 0.15) is 24.1 Å². The van der Waals surface area contributed by atoms with Gasteiger partial charge in [-0.3, -0.25) is 9.58 Å². The summed E-state index contributed by atoms with van der Waals surface area (Å²) in [7, 11) is 1.98. The molecule has 0 bridgehead atoms. The van der Waals surface area contributed by atoms with Gasteiger partial charge < -0.3 is 10.5 Å². The normalized spacial score (nSPS) is 30.2. The minimum Gasteiger partial charge on any atom is -0.378 e. The molecule has 94 valence electrons. The van der Waals surface area contributed by atoms with E-state index in [0.717, 1.165) is 32.5 Å². The molecule has 17 heavy (non-hydrogen) atoms. The molecule has 5 nitrogen and oxygen atoms in total. The third-order valence-corrected chi connectivity index (χ3v) is 3.75.